The van der Waals surface area contributed by atoms with Crippen LogP contribution in [0.5, 0.6) is 0 Å². The maximum Gasteiger partial charge on any atom is 0.323 e. The van der Waals surface area contributed by atoms with E-state index in [0.29, 0.717) is 39.2 Å². The Morgan fingerprint density at radius 2 is 1.62 bits per heavy atom. The number of H-pyrrole nitrogens is 1. The molecule has 3 aromatic carbocycles. The standard InChI is InChI=1S/C25H17FN6O2/c26-18-5-7-19(8-6-18)30-25(34)31-20-3-1-2-15(10-20)24(33)16-4-9-21-22(11-16)32-23(14-27-21)17-12-28-29-13-17/h1-14H,(H,28,29)(H2,30,31,34). The summed E-state index contributed by atoms with van der Waals surface area (Å²) in [6.07, 6.45) is 5.02. The molecule has 2 aromatic heterocycles. The van der Waals surface area contributed by atoms with Gasteiger partial charge in [0.05, 0.1) is 29.1 Å². The second-order valence-corrected chi connectivity index (χ2v) is 7.44. The number of urea groups is 1. The number of amides is 2. The van der Waals surface area contributed by atoms with Crippen LogP contribution in [-0.4, -0.2) is 32.0 Å². The molecule has 0 saturated carbocycles. The summed E-state index contributed by atoms with van der Waals surface area (Å²) in [6.45, 7) is 0. The lowest BCUT2D eigenvalue weighted by Crippen LogP contribution is -2.19. The Morgan fingerprint density at radius 1 is 0.824 bits per heavy atom. The highest BCUT2D eigenvalue weighted by Crippen LogP contribution is 2.21. The molecule has 5 aromatic rings. The molecule has 0 fully saturated rings. The monoisotopic (exact) mass is 452 g/mol. The molecule has 34 heavy (non-hydrogen) atoms. The third-order valence-corrected chi connectivity index (χ3v) is 5.08. The minimum Gasteiger partial charge on any atom is -0.308 e. The van der Waals surface area contributed by atoms with Crippen molar-refractivity contribution in [2.45, 2.75) is 0 Å². The minimum absolute atomic E-state index is 0.222. The van der Waals surface area contributed by atoms with Crippen LogP contribution in [0.4, 0.5) is 20.6 Å². The number of anilines is 2. The Bertz CT molecular complexity index is 1500. The van der Waals surface area contributed by atoms with E-state index >= 15 is 0 Å². The normalized spacial score (nSPS) is 10.7. The molecule has 166 valence electrons. The number of carbonyl (C=O) groups is 2. The van der Waals surface area contributed by atoms with Crippen molar-refractivity contribution in [3.8, 4) is 11.3 Å². The SMILES string of the molecule is O=C(Nc1ccc(F)cc1)Nc1cccc(C(=O)c2ccc3ncc(-c4cn[nH]c4)nc3c2)c1. The molecule has 9 heteroatoms. The molecule has 0 spiro atoms. The number of nitrogens with zero attached hydrogens (tertiary/aromatic N) is 3. The summed E-state index contributed by atoms with van der Waals surface area (Å²) in [5.74, 6) is -0.616. The molecule has 0 unspecified atom stereocenters. The van der Waals surface area contributed by atoms with Crippen LogP contribution in [0.2, 0.25) is 0 Å². The molecule has 5 rings (SSSR count). The van der Waals surface area contributed by atoms with E-state index in [9.17, 15) is 14.0 Å². The van der Waals surface area contributed by atoms with Gasteiger partial charge in [0.15, 0.2) is 5.78 Å². The highest BCUT2D eigenvalue weighted by atomic mass is 19.1. The summed E-state index contributed by atoms with van der Waals surface area (Å²) in [5.41, 5.74) is 4.41. The van der Waals surface area contributed by atoms with Crippen molar-refractivity contribution < 1.29 is 14.0 Å². The predicted octanol–water partition coefficient (Wildman–Crippen LogP) is 5.03. The maximum absolute atomic E-state index is 13.1. The lowest BCUT2D eigenvalue weighted by molar-refractivity contribution is 0.103. The molecule has 0 saturated heterocycles. The third-order valence-electron chi connectivity index (χ3n) is 5.08. The highest BCUT2D eigenvalue weighted by molar-refractivity contribution is 6.11. The first-order valence-electron chi connectivity index (χ1n) is 10.3. The van der Waals surface area contributed by atoms with E-state index in [4.69, 9.17) is 0 Å². The van der Waals surface area contributed by atoms with Crippen LogP contribution in [0.15, 0.2) is 85.3 Å². The molecule has 3 N–H and O–H groups in total. The smallest absolute Gasteiger partial charge is 0.308 e. The van der Waals surface area contributed by atoms with Crippen molar-refractivity contribution in [3.05, 3.63) is 102 Å². The number of aromatic nitrogens is 4. The Hall–Kier alpha value is -4.92. The third kappa shape index (κ3) is 4.49. The van der Waals surface area contributed by atoms with Crippen molar-refractivity contribution in [3.63, 3.8) is 0 Å². The molecule has 2 heterocycles. The average molecular weight is 452 g/mol. The van der Waals surface area contributed by atoms with E-state index in [1.165, 1.54) is 24.3 Å². The highest BCUT2D eigenvalue weighted by Gasteiger charge is 2.13. The minimum atomic E-state index is -0.510. The number of hydrogen-bond acceptors (Lipinski definition) is 5. The number of benzene rings is 3. The second kappa shape index (κ2) is 8.91. The van der Waals surface area contributed by atoms with Crippen LogP contribution in [0.1, 0.15) is 15.9 Å². The van der Waals surface area contributed by atoms with E-state index in [1.54, 1.807) is 61.1 Å². The van der Waals surface area contributed by atoms with Crippen LogP contribution in [0.25, 0.3) is 22.3 Å². The quantitative estimate of drug-likeness (QED) is 0.324. The Balaban J connectivity index is 1.35. The van der Waals surface area contributed by atoms with Gasteiger partial charge in [-0.15, -0.1) is 0 Å². The molecule has 8 nitrogen and oxygen atoms in total. The number of aromatic amines is 1. The van der Waals surface area contributed by atoms with Gasteiger partial charge in [0.1, 0.15) is 5.82 Å². The number of nitrogens with one attached hydrogen (secondary N) is 3. The van der Waals surface area contributed by atoms with Crippen molar-refractivity contribution in [2.24, 2.45) is 0 Å². The number of carbonyl (C=O) groups excluding carboxylic acids is 2. The summed E-state index contributed by atoms with van der Waals surface area (Å²) in [4.78, 5) is 34.4. The summed E-state index contributed by atoms with van der Waals surface area (Å²) in [6, 6.07) is 16.6. The fourth-order valence-electron chi connectivity index (χ4n) is 3.41. The van der Waals surface area contributed by atoms with Gasteiger partial charge in [0, 0.05) is 34.3 Å². The van der Waals surface area contributed by atoms with E-state index in [0.717, 1.165) is 5.56 Å². The number of halogens is 1. The molecule has 0 atom stereocenters. The van der Waals surface area contributed by atoms with Gasteiger partial charge < -0.3 is 10.6 Å². The molecular formula is C25H17FN6O2. The molecule has 0 radical (unpaired) electrons. The van der Waals surface area contributed by atoms with Crippen LogP contribution < -0.4 is 10.6 Å². The van der Waals surface area contributed by atoms with Crippen LogP contribution in [0, 0.1) is 5.82 Å². The van der Waals surface area contributed by atoms with Gasteiger partial charge in [0.2, 0.25) is 0 Å². The molecule has 0 aliphatic rings. The summed E-state index contributed by atoms with van der Waals surface area (Å²) < 4.78 is 13.0. The van der Waals surface area contributed by atoms with Crippen molar-refractivity contribution in [1.82, 2.24) is 20.2 Å². The summed E-state index contributed by atoms with van der Waals surface area (Å²) in [7, 11) is 0. The largest absolute Gasteiger partial charge is 0.323 e. The lowest BCUT2D eigenvalue weighted by atomic mass is 10.0. The first kappa shape index (κ1) is 21.0. The maximum atomic E-state index is 13.1. The van der Waals surface area contributed by atoms with E-state index in [-0.39, 0.29) is 5.78 Å². The second-order valence-electron chi connectivity index (χ2n) is 7.44. The number of ketones is 1. The van der Waals surface area contributed by atoms with Crippen molar-refractivity contribution in [2.75, 3.05) is 10.6 Å². The number of fused-ring (bicyclic) bond motifs is 1. The Labute approximate surface area is 192 Å². The number of rotatable bonds is 5. The first-order valence-corrected chi connectivity index (χ1v) is 10.3. The zero-order valence-corrected chi connectivity index (χ0v) is 17.6. The van der Waals surface area contributed by atoms with Gasteiger partial charge in [-0.2, -0.15) is 5.10 Å². The van der Waals surface area contributed by atoms with Gasteiger partial charge in [-0.05, 0) is 54.6 Å². The average Bonchev–Trinajstić information content (AvgIpc) is 3.39. The molecule has 2 amide bonds. The molecule has 0 aliphatic heterocycles. The fourth-order valence-corrected chi connectivity index (χ4v) is 3.41. The van der Waals surface area contributed by atoms with Crippen LogP contribution in [0.3, 0.4) is 0 Å². The summed E-state index contributed by atoms with van der Waals surface area (Å²) in [5, 5.41) is 12.0. The summed E-state index contributed by atoms with van der Waals surface area (Å²) >= 11 is 0. The van der Waals surface area contributed by atoms with Gasteiger partial charge >= 0.3 is 6.03 Å². The molecular weight excluding hydrogens is 435 g/mol. The number of hydrogen-bond donors (Lipinski definition) is 3. The predicted molar refractivity (Wildman–Crippen MR) is 126 cm³/mol. The molecule has 0 bridgehead atoms. The Morgan fingerprint density at radius 3 is 2.41 bits per heavy atom. The molecule has 0 aliphatic carbocycles. The van der Waals surface area contributed by atoms with Gasteiger partial charge in [-0.1, -0.05) is 12.1 Å². The van der Waals surface area contributed by atoms with E-state index in [2.05, 4.69) is 30.8 Å². The van der Waals surface area contributed by atoms with Crippen LogP contribution in [-0.2, 0) is 0 Å². The fraction of sp³-hybridized carbons (Fsp3) is 0. The van der Waals surface area contributed by atoms with Crippen molar-refractivity contribution in [1.29, 1.82) is 0 Å². The zero-order chi connectivity index (χ0) is 23.5. The first-order chi connectivity index (χ1) is 16.5. The van der Waals surface area contributed by atoms with E-state index < -0.39 is 11.8 Å². The van der Waals surface area contributed by atoms with Crippen LogP contribution >= 0.6 is 0 Å². The van der Waals surface area contributed by atoms with Crippen molar-refractivity contribution >= 4 is 34.2 Å². The lowest BCUT2D eigenvalue weighted by Gasteiger charge is -2.09. The van der Waals surface area contributed by atoms with Gasteiger partial charge in [-0.25, -0.2) is 14.2 Å². The zero-order valence-electron chi connectivity index (χ0n) is 17.6. The van der Waals surface area contributed by atoms with Gasteiger partial charge in [-0.3, -0.25) is 14.9 Å². The Kier molecular flexibility index (Phi) is 5.49. The topological polar surface area (TPSA) is 113 Å². The van der Waals surface area contributed by atoms with Gasteiger partial charge in [0.25, 0.3) is 0 Å². The van der Waals surface area contributed by atoms with E-state index in [1.807, 2.05) is 0 Å².